The van der Waals surface area contributed by atoms with Gasteiger partial charge in [0.2, 0.25) is 9.84 Å². The molecule has 0 heterocycles. The Hall–Kier alpha value is -5.23. The minimum atomic E-state index is -3.82. The van der Waals surface area contributed by atoms with Gasteiger partial charge in [0.15, 0.2) is 0 Å². The highest BCUT2D eigenvalue weighted by molar-refractivity contribution is 7.91. The summed E-state index contributed by atoms with van der Waals surface area (Å²) in [5.41, 5.74) is 5.79. The van der Waals surface area contributed by atoms with E-state index in [0.29, 0.717) is 22.6 Å². The zero-order chi connectivity index (χ0) is 42.1. The Balaban J connectivity index is 1.13. The number of ether oxygens (including phenoxy) is 6. The number of esters is 2. The van der Waals surface area contributed by atoms with Crippen LogP contribution >= 0.6 is 0 Å². The quantitative estimate of drug-likeness (QED) is 0.0797. The molecule has 4 unspecified atom stereocenters. The Kier molecular flexibility index (Phi) is 14.5. The number of hydrogen-bond acceptors (Lipinski definition) is 10. The highest BCUT2D eigenvalue weighted by Crippen LogP contribution is 2.34. The van der Waals surface area contributed by atoms with E-state index in [1.54, 1.807) is 76.6 Å². The van der Waals surface area contributed by atoms with Crippen LogP contribution in [0, 0.1) is 0 Å². The van der Waals surface area contributed by atoms with Crippen LogP contribution in [-0.4, -0.2) is 59.0 Å². The van der Waals surface area contributed by atoms with Crippen molar-refractivity contribution in [1.29, 1.82) is 0 Å². The van der Waals surface area contributed by atoms with Crippen molar-refractivity contribution >= 4 is 21.8 Å². The molecular weight excluding hydrogens is 769 g/mol. The molecule has 0 radical (unpaired) electrons. The van der Waals surface area contributed by atoms with Crippen LogP contribution < -0.4 is 9.47 Å². The highest BCUT2D eigenvalue weighted by Gasteiger charge is 2.31. The monoisotopic (exact) mass is 822 g/mol. The first-order chi connectivity index (χ1) is 28.4. The molecule has 2 aliphatic rings. The molecule has 2 aliphatic carbocycles. The second kappa shape index (κ2) is 19.7. The van der Waals surface area contributed by atoms with E-state index in [9.17, 15) is 18.0 Å². The highest BCUT2D eigenvalue weighted by atomic mass is 32.2. The van der Waals surface area contributed by atoms with Gasteiger partial charge in [0.05, 0.1) is 49.4 Å². The summed E-state index contributed by atoms with van der Waals surface area (Å²) < 4.78 is 62.9. The van der Waals surface area contributed by atoms with E-state index in [-0.39, 0.29) is 47.4 Å². The lowest BCUT2D eigenvalue weighted by atomic mass is 9.94. The second-order valence-corrected chi connectivity index (χ2v) is 17.3. The van der Waals surface area contributed by atoms with Crippen molar-refractivity contribution in [1.82, 2.24) is 0 Å². The van der Waals surface area contributed by atoms with E-state index in [1.165, 1.54) is 0 Å². The largest absolute Gasteiger partial charge is 0.496 e. The number of sulfone groups is 1. The van der Waals surface area contributed by atoms with E-state index in [0.717, 1.165) is 84.7 Å². The maximum Gasteiger partial charge on any atom is 0.333 e. The fourth-order valence-electron chi connectivity index (χ4n) is 7.58. The van der Waals surface area contributed by atoms with E-state index < -0.39 is 21.8 Å². The summed E-state index contributed by atoms with van der Waals surface area (Å²) in [6.07, 6.45) is 5.79. The van der Waals surface area contributed by atoms with Crippen molar-refractivity contribution in [2.24, 2.45) is 0 Å². The number of benzene rings is 4. The summed E-state index contributed by atoms with van der Waals surface area (Å²) in [5, 5.41) is 0. The molecule has 312 valence electrons. The third-order valence-electron chi connectivity index (χ3n) is 11.0. The summed E-state index contributed by atoms with van der Waals surface area (Å²) in [4.78, 5) is 24.8. The molecule has 4 atom stereocenters. The molecule has 0 amide bonds. The van der Waals surface area contributed by atoms with Crippen LogP contribution in [0.25, 0.3) is 22.3 Å². The molecule has 0 spiro atoms. The Bertz CT molecular complexity index is 2090. The number of hydrogen-bond donors (Lipinski definition) is 0. The van der Waals surface area contributed by atoms with Crippen LogP contribution in [-0.2, 0) is 51.6 Å². The summed E-state index contributed by atoms with van der Waals surface area (Å²) in [5.74, 6) is 0.512. The lowest BCUT2D eigenvalue weighted by Gasteiger charge is -2.31. The number of methoxy groups -OCH3 is 2. The lowest BCUT2D eigenvalue weighted by molar-refractivity contribution is -0.158. The van der Waals surface area contributed by atoms with Crippen molar-refractivity contribution < 1.29 is 46.4 Å². The zero-order valence-corrected chi connectivity index (χ0v) is 35.2. The van der Waals surface area contributed by atoms with E-state index in [2.05, 4.69) is 13.2 Å². The molecule has 0 N–H and O–H groups in total. The van der Waals surface area contributed by atoms with Gasteiger partial charge in [-0.3, -0.25) is 0 Å². The third-order valence-corrected chi connectivity index (χ3v) is 12.7. The topological polar surface area (TPSA) is 124 Å². The van der Waals surface area contributed by atoms with Crippen LogP contribution in [0.2, 0.25) is 0 Å². The maximum absolute atomic E-state index is 13.8. The van der Waals surface area contributed by atoms with E-state index in [4.69, 9.17) is 28.4 Å². The maximum atomic E-state index is 13.8. The molecule has 10 nitrogen and oxygen atoms in total. The predicted octanol–water partition coefficient (Wildman–Crippen LogP) is 9.76. The van der Waals surface area contributed by atoms with Gasteiger partial charge >= 0.3 is 11.9 Å². The van der Waals surface area contributed by atoms with Crippen LogP contribution in [0.1, 0.15) is 76.3 Å². The molecular formula is C48H54O10S. The van der Waals surface area contributed by atoms with Gasteiger partial charge in [0.1, 0.15) is 23.7 Å². The smallest absolute Gasteiger partial charge is 0.333 e. The Labute approximate surface area is 348 Å². The summed E-state index contributed by atoms with van der Waals surface area (Å²) in [7, 11) is -0.608. The first kappa shape index (κ1) is 43.4. The normalized spacial score (nSPS) is 19.3. The molecule has 4 aromatic rings. The van der Waals surface area contributed by atoms with E-state index in [1.807, 2.05) is 36.4 Å². The molecule has 0 aliphatic heterocycles. The Morgan fingerprint density at radius 1 is 0.542 bits per heavy atom. The summed E-state index contributed by atoms with van der Waals surface area (Å²) >= 11 is 0. The molecule has 0 saturated heterocycles. The van der Waals surface area contributed by atoms with Crippen LogP contribution in [0.3, 0.4) is 0 Å². The van der Waals surface area contributed by atoms with Gasteiger partial charge in [-0.05, 0) is 123 Å². The van der Waals surface area contributed by atoms with Gasteiger partial charge in [-0.1, -0.05) is 62.4 Å². The van der Waals surface area contributed by atoms with Crippen molar-refractivity contribution in [3.05, 3.63) is 120 Å². The molecule has 2 fully saturated rings. The summed E-state index contributed by atoms with van der Waals surface area (Å²) in [6, 6.07) is 25.2. The fourth-order valence-corrected chi connectivity index (χ4v) is 8.84. The molecule has 11 heteroatoms. The molecule has 59 heavy (non-hydrogen) atoms. The molecule has 6 rings (SSSR count). The minimum Gasteiger partial charge on any atom is -0.496 e. The fraction of sp³-hybridized carbons (Fsp3) is 0.375. The van der Waals surface area contributed by atoms with Crippen molar-refractivity contribution in [3.63, 3.8) is 0 Å². The molecule has 0 aromatic heterocycles. The number of carbonyl (C=O) groups is 2. The SMILES string of the molecule is C=C(C)C(=O)OC1CCCCC1OCc1cc(-c2ccc(S(=O)(=O)c3ccc(-c4ccc(OC)c(COC5CCCCC5OC(=O)C(=C)C)c4)cc3)cc2)ccc1OC. The molecule has 2 saturated carbocycles. The number of rotatable bonds is 16. The predicted molar refractivity (Wildman–Crippen MR) is 226 cm³/mol. The van der Waals surface area contributed by atoms with Gasteiger partial charge in [0.25, 0.3) is 0 Å². The first-order valence-corrected chi connectivity index (χ1v) is 21.6. The van der Waals surface area contributed by atoms with Gasteiger partial charge < -0.3 is 28.4 Å². The van der Waals surface area contributed by atoms with E-state index >= 15 is 0 Å². The van der Waals surface area contributed by atoms with Crippen molar-refractivity contribution in [2.75, 3.05) is 14.2 Å². The molecule has 4 aromatic carbocycles. The zero-order valence-electron chi connectivity index (χ0n) is 34.4. The van der Waals surface area contributed by atoms with Gasteiger partial charge in [-0.2, -0.15) is 0 Å². The Morgan fingerprint density at radius 3 is 1.22 bits per heavy atom. The first-order valence-electron chi connectivity index (χ1n) is 20.1. The van der Waals surface area contributed by atoms with Crippen LogP contribution in [0.4, 0.5) is 0 Å². The second-order valence-electron chi connectivity index (χ2n) is 15.3. The summed E-state index contributed by atoms with van der Waals surface area (Å²) in [6.45, 7) is 11.2. The lowest BCUT2D eigenvalue weighted by Crippen LogP contribution is -2.36. The average molecular weight is 823 g/mol. The van der Waals surface area contributed by atoms with Crippen molar-refractivity contribution in [3.8, 4) is 33.8 Å². The molecule has 0 bridgehead atoms. The van der Waals surface area contributed by atoms with Crippen molar-refractivity contribution in [2.45, 2.75) is 113 Å². The standard InChI is InChI=1S/C48H54O10S/c1-31(2)47(49)57-45-13-9-7-11-43(45)55-29-37-27-35(19-25-41(37)53-5)33-15-21-39(22-16-33)59(51,52)40-23-17-34(18-24-40)36-20-26-42(54-6)38(28-36)30-56-44-12-8-10-14-46(44)58-48(50)32(3)4/h15-28,43-46H,1,3,7-14,29-30H2,2,4-6H3. The van der Waals surface area contributed by atoms with Gasteiger partial charge in [-0.15, -0.1) is 0 Å². The Morgan fingerprint density at radius 2 is 0.881 bits per heavy atom. The number of carbonyl (C=O) groups excluding carboxylic acids is 2. The van der Waals surface area contributed by atoms with Crippen LogP contribution in [0.15, 0.2) is 119 Å². The van der Waals surface area contributed by atoms with Crippen LogP contribution in [0.5, 0.6) is 11.5 Å². The third kappa shape index (κ3) is 10.7. The van der Waals surface area contributed by atoms with Gasteiger partial charge in [0, 0.05) is 22.3 Å². The minimum absolute atomic E-state index is 0.178. The average Bonchev–Trinajstić information content (AvgIpc) is 3.25. The van der Waals surface area contributed by atoms with Gasteiger partial charge in [-0.25, -0.2) is 18.0 Å².